The zero-order chi connectivity index (χ0) is 22.0. The Kier molecular flexibility index (Phi) is 15.2. The minimum absolute atomic E-state index is 0.255. The number of halogens is 1. The highest BCUT2D eigenvalue weighted by molar-refractivity contribution is 7.80. The predicted octanol–water partition coefficient (Wildman–Crippen LogP) is 4.95. The maximum Gasteiger partial charge on any atom is 0.166 e. The van der Waals surface area contributed by atoms with Gasteiger partial charge >= 0.3 is 0 Å². The maximum absolute atomic E-state index is 12.9. The highest BCUT2D eigenvalue weighted by Gasteiger charge is 2.16. The Balaban J connectivity index is 2.14. The van der Waals surface area contributed by atoms with Crippen LogP contribution in [-0.4, -0.2) is 40.6 Å². The van der Waals surface area contributed by atoms with E-state index in [9.17, 15) is 14.6 Å². The first kappa shape index (κ1) is 26.5. The first-order valence-electron chi connectivity index (χ1n) is 11.3. The lowest BCUT2D eigenvalue weighted by Crippen LogP contribution is -2.49. The lowest BCUT2D eigenvalue weighted by atomic mass is 10.1. The Labute approximate surface area is 187 Å². The van der Waals surface area contributed by atoms with Crippen molar-refractivity contribution in [3.05, 3.63) is 41.7 Å². The van der Waals surface area contributed by atoms with Gasteiger partial charge in [-0.3, -0.25) is 0 Å². The molecular formula is C24H39FN2O2S. The lowest BCUT2D eigenvalue weighted by Gasteiger charge is -2.22. The van der Waals surface area contributed by atoms with Gasteiger partial charge in [0.15, 0.2) is 5.11 Å². The average molecular weight is 439 g/mol. The fourth-order valence-electron chi connectivity index (χ4n) is 3.19. The topological polar surface area (TPSA) is 64.5 Å². The highest BCUT2D eigenvalue weighted by atomic mass is 32.1. The molecule has 0 aliphatic heterocycles. The van der Waals surface area contributed by atoms with E-state index in [-0.39, 0.29) is 12.4 Å². The Hall–Kier alpha value is -1.50. The van der Waals surface area contributed by atoms with Crippen LogP contribution in [0, 0.1) is 5.82 Å². The standard InChI is InChI=1S/C24H39FN2O2S/c1-2-3-4-5-6-7-8-9-10-11-18-26-24(30)27-22(19-28)23(29)17-14-20-12-15-21(25)16-13-20/h12-17,22-23,28-29H,2-11,18-19H2,1H3,(H2,26,27,30). The summed E-state index contributed by atoms with van der Waals surface area (Å²) in [4.78, 5) is 0. The van der Waals surface area contributed by atoms with Crippen molar-refractivity contribution in [1.29, 1.82) is 0 Å². The van der Waals surface area contributed by atoms with Crippen LogP contribution < -0.4 is 10.6 Å². The van der Waals surface area contributed by atoms with E-state index in [0.717, 1.165) is 18.5 Å². The van der Waals surface area contributed by atoms with E-state index in [1.54, 1.807) is 24.3 Å². The number of nitrogens with one attached hydrogen (secondary N) is 2. The summed E-state index contributed by atoms with van der Waals surface area (Å²) in [6.45, 7) is 2.77. The molecule has 1 aromatic carbocycles. The minimum Gasteiger partial charge on any atom is -0.394 e. The summed E-state index contributed by atoms with van der Waals surface area (Å²) < 4.78 is 12.9. The van der Waals surface area contributed by atoms with E-state index in [1.165, 1.54) is 69.9 Å². The van der Waals surface area contributed by atoms with Gasteiger partial charge in [0.1, 0.15) is 5.82 Å². The van der Waals surface area contributed by atoms with Gasteiger partial charge < -0.3 is 20.8 Å². The highest BCUT2D eigenvalue weighted by Crippen LogP contribution is 2.10. The molecule has 0 aromatic heterocycles. The third-order valence-corrected chi connectivity index (χ3v) is 5.36. The summed E-state index contributed by atoms with van der Waals surface area (Å²) in [5, 5.41) is 26.3. The molecule has 2 unspecified atom stereocenters. The number of benzene rings is 1. The molecule has 0 saturated carbocycles. The number of unbranched alkanes of at least 4 members (excludes halogenated alkanes) is 9. The second-order valence-corrected chi connectivity index (χ2v) is 8.18. The fraction of sp³-hybridized carbons (Fsp3) is 0.625. The SMILES string of the molecule is CCCCCCCCCCCCNC(=S)NC(CO)C(O)C=Cc1ccc(F)cc1. The molecule has 4 nitrogen and oxygen atoms in total. The quantitative estimate of drug-likeness (QED) is 0.217. The van der Waals surface area contributed by atoms with Crippen molar-refractivity contribution in [2.45, 2.75) is 83.3 Å². The predicted molar refractivity (Wildman–Crippen MR) is 128 cm³/mol. The molecule has 4 N–H and O–H groups in total. The molecule has 0 radical (unpaired) electrons. The largest absolute Gasteiger partial charge is 0.394 e. The average Bonchev–Trinajstić information content (AvgIpc) is 2.75. The van der Waals surface area contributed by atoms with Crippen LogP contribution in [0.1, 0.15) is 76.7 Å². The van der Waals surface area contributed by atoms with Crippen molar-refractivity contribution >= 4 is 23.4 Å². The van der Waals surface area contributed by atoms with Gasteiger partial charge in [-0.15, -0.1) is 0 Å². The second-order valence-electron chi connectivity index (χ2n) is 7.77. The molecule has 0 saturated heterocycles. The van der Waals surface area contributed by atoms with Gasteiger partial charge in [0.05, 0.1) is 18.8 Å². The Morgan fingerprint density at radius 3 is 2.13 bits per heavy atom. The smallest absolute Gasteiger partial charge is 0.166 e. The number of aliphatic hydroxyl groups excluding tert-OH is 2. The van der Waals surface area contributed by atoms with Gasteiger partial charge in [-0.1, -0.05) is 89.0 Å². The summed E-state index contributed by atoms with van der Waals surface area (Å²) in [7, 11) is 0. The molecule has 0 amide bonds. The first-order chi connectivity index (χ1) is 14.6. The van der Waals surface area contributed by atoms with E-state index in [2.05, 4.69) is 17.6 Å². The van der Waals surface area contributed by atoms with E-state index < -0.39 is 12.1 Å². The molecule has 0 heterocycles. The summed E-state index contributed by atoms with van der Waals surface area (Å²) in [6.07, 6.45) is 15.2. The van der Waals surface area contributed by atoms with Gasteiger partial charge in [-0.25, -0.2) is 4.39 Å². The van der Waals surface area contributed by atoms with Crippen molar-refractivity contribution in [2.75, 3.05) is 13.2 Å². The van der Waals surface area contributed by atoms with Crippen molar-refractivity contribution in [3.8, 4) is 0 Å². The molecule has 170 valence electrons. The molecule has 0 fully saturated rings. The second kappa shape index (κ2) is 17.2. The van der Waals surface area contributed by atoms with Crippen LogP contribution in [0.4, 0.5) is 4.39 Å². The Morgan fingerprint density at radius 1 is 1.00 bits per heavy atom. The van der Waals surface area contributed by atoms with Crippen LogP contribution >= 0.6 is 12.2 Å². The number of thiocarbonyl (C=S) groups is 1. The van der Waals surface area contributed by atoms with Gasteiger partial charge in [-0.2, -0.15) is 0 Å². The van der Waals surface area contributed by atoms with Crippen LogP contribution in [-0.2, 0) is 0 Å². The normalized spacial score (nSPS) is 13.3. The van der Waals surface area contributed by atoms with Crippen LogP contribution in [0.5, 0.6) is 0 Å². The third kappa shape index (κ3) is 12.9. The molecule has 2 atom stereocenters. The first-order valence-corrected chi connectivity index (χ1v) is 11.7. The maximum atomic E-state index is 12.9. The molecule has 0 bridgehead atoms. The van der Waals surface area contributed by atoms with E-state index in [4.69, 9.17) is 12.2 Å². The molecule has 0 aliphatic rings. The molecule has 1 rings (SSSR count). The summed E-state index contributed by atoms with van der Waals surface area (Å²) in [5.74, 6) is -0.304. The van der Waals surface area contributed by atoms with Gasteiger partial charge in [0, 0.05) is 6.54 Å². The molecular weight excluding hydrogens is 399 g/mol. The van der Waals surface area contributed by atoms with Crippen molar-refractivity contribution in [2.24, 2.45) is 0 Å². The molecule has 0 aliphatic carbocycles. The van der Waals surface area contributed by atoms with Gasteiger partial charge in [0.25, 0.3) is 0 Å². The Bertz CT molecular complexity index is 595. The summed E-state index contributed by atoms with van der Waals surface area (Å²) >= 11 is 5.27. The number of hydrogen-bond acceptors (Lipinski definition) is 3. The van der Waals surface area contributed by atoms with Gasteiger partial charge in [-0.05, 0) is 36.3 Å². The van der Waals surface area contributed by atoms with Crippen molar-refractivity contribution in [1.82, 2.24) is 10.6 Å². The van der Waals surface area contributed by atoms with Crippen LogP contribution in [0.25, 0.3) is 6.08 Å². The third-order valence-electron chi connectivity index (χ3n) is 5.10. The molecule has 30 heavy (non-hydrogen) atoms. The van der Waals surface area contributed by atoms with Crippen LogP contribution in [0.2, 0.25) is 0 Å². The summed E-state index contributed by atoms with van der Waals surface area (Å²) in [5.41, 5.74) is 0.772. The van der Waals surface area contributed by atoms with Crippen molar-refractivity contribution in [3.63, 3.8) is 0 Å². The molecule has 0 spiro atoms. The van der Waals surface area contributed by atoms with E-state index >= 15 is 0 Å². The Morgan fingerprint density at radius 2 is 1.57 bits per heavy atom. The summed E-state index contributed by atoms with van der Waals surface area (Å²) in [6, 6.07) is 5.37. The molecule has 1 aromatic rings. The zero-order valence-electron chi connectivity index (χ0n) is 18.3. The lowest BCUT2D eigenvalue weighted by molar-refractivity contribution is 0.134. The van der Waals surface area contributed by atoms with Crippen LogP contribution in [0.15, 0.2) is 30.3 Å². The zero-order valence-corrected chi connectivity index (χ0v) is 19.1. The fourth-order valence-corrected chi connectivity index (χ4v) is 3.44. The number of rotatable bonds is 16. The molecule has 6 heteroatoms. The van der Waals surface area contributed by atoms with Crippen LogP contribution in [0.3, 0.4) is 0 Å². The van der Waals surface area contributed by atoms with Gasteiger partial charge in [0.2, 0.25) is 0 Å². The van der Waals surface area contributed by atoms with E-state index in [0.29, 0.717) is 5.11 Å². The minimum atomic E-state index is -0.919. The van der Waals surface area contributed by atoms with E-state index in [1.807, 2.05) is 0 Å². The van der Waals surface area contributed by atoms with Crippen molar-refractivity contribution < 1.29 is 14.6 Å². The monoisotopic (exact) mass is 438 g/mol. The number of aliphatic hydroxyl groups is 2. The number of hydrogen-bond donors (Lipinski definition) is 4.